The molecule has 20 heavy (non-hydrogen) atoms. The minimum Gasteiger partial charge on any atom is -0.374 e. The van der Waals surface area contributed by atoms with E-state index >= 15 is 0 Å². The number of rotatable bonds is 6. The van der Waals surface area contributed by atoms with Gasteiger partial charge in [0.1, 0.15) is 0 Å². The summed E-state index contributed by atoms with van der Waals surface area (Å²) in [5, 5.41) is 12.2. The molecule has 3 N–H and O–H groups in total. The zero-order chi connectivity index (χ0) is 14.6. The summed E-state index contributed by atoms with van der Waals surface area (Å²) in [4.78, 5) is 1.47. The van der Waals surface area contributed by atoms with Crippen LogP contribution in [-0.2, 0) is 18.2 Å². The lowest BCUT2D eigenvalue weighted by molar-refractivity contribution is -0.0965. The monoisotopic (exact) mass is 282 g/mol. The van der Waals surface area contributed by atoms with E-state index in [1.165, 1.54) is 17.6 Å². The van der Waals surface area contributed by atoms with Gasteiger partial charge in [-0.3, -0.25) is 11.3 Å². The van der Waals surface area contributed by atoms with E-state index in [1.54, 1.807) is 7.05 Å². The lowest BCUT2D eigenvalue weighted by atomic mass is 9.74. The number of hydrazine groups is 1. The Morgan fingerprint density at radius 1 is 1.50 bits per heavy atom. The molecule has 1 aliphatic rings. The molecule has 0 spiro atoms. The summed E-state index contributed by atoms with van der Waals surface area (Å²) in [6.07, 6.45) is 5.03. The standard InChI is InChI=1S/C13H26N6O/c1-4-20-13(7-5-10(2)6-8-13)11(15-14)9-12-16-18-19(3)17-12/h10-11,15H,4-9,14H2,1-3H3. The number of nitrogens with zero attached hydrogens (tertiary/aromatic N) is 4. The summed E-state index contributed by atoms with van der Waals surface area (Å²) in [6, 6.07) is 0.0131. The van der Waals surface area contributed by atoms with Gasteiger partial charge >= 0.3 is 0 Å². The fraction of sp³-hybridized carbons (Fsp3) is 0.923. The number of ether oxygens (including phenoxy) is 1. The zero-order valence-electron chi connectivity index (χ0n) is 12.7. The van der Waals surface area contributed by atoms with Gasteiger partial charge in [-0.15, -0.1) is 10.2 Å². The molecule has 7 heteroatoms. The Kier molecular flexibility index (Phi) is 5.06. The second kappa shape index (κ2) is 6.60. The molecule has 114 valence electrons. The highest BCUT2D eigenvalue weighted by Crippen LogP contribution is 2.37. The van der Waals surface area contributed by atoms with Crippen LogP contribution in [-0.4, -0.2) is 38.5 Å². The molecule has 0 bridgehead atoms. The lowest BCUT2D eigenvalue weighted by Crippen LogP contribution is -2.57. The van der Waals surface area contributed by atoms with Crippen LogP contribution in [0.25, 0.3) is 0 Å². The summed E-state index contributed by atoms with van der Waals surface area (Å²) in [5.41, 5.74) is 2.71. The first kappa shape index (κ1) is 15.3. The third-order valence-corrected chi connectivity index (χ3v) is 4.33. The van der Waals surface area contributed by atoms with E-state index in [0.29, 0.717) is 18.9 Å². The smallest absolute Gasteiger partial charge is 0.176 e. The lowest BCUT2D eigenvalue weighted by Gasteiger charge is -2.44. The van der Waals surface area contributed by atoms with Gasteiger partial charge in [-0.25, -0.2) is 0 Å². The number of nitrogens with two attached hydrogens (primary N) is 1. The van der Waals surface area contributed by atoms with Crippen LogP contribution in [0.15, 0.2) is 0 Å². The van der Waals surface area contributed by atoms with Crippen molar-refractivity contribution < 1.29 is 4.74 Å². The molecular weight excluding hydrogens is 256 g/mol. The van der Waals surface area contributed by atoms with Crippen LogP contribution in [0.2, 0.25) is 0 Å². The molecular formula is C13H26N6O. The minimum atomic E-state index is -0.213. The van der Waals surface area contributed by atoms with Gasteiger partial charge in [-0.05, 0) is 43.7 Å². The molecule has 1 aliphatic carbocycles. The average Bonchev–Trinajstić information content (AvgIpc) is 2.85. The molecule has 0 aliphatic heterocycles. The first-order valence-corrected chi connectivity index (χ1v) is 7.42. The normalized spacial score (nSPS) is 28.5. The maximum Gasteiger partial charge on any atom is 0.176 e. The molecule has 0 radical (unpaired) electrons. The Balaban J connectivity index is 2.12. The van der Waals surface area contributed by atoms with Crippen LogP contribution in [0.1, 0.15) is 45.4 Å². The quantitative estimate of drug-likeness (QED) is 0.585. The molecule has 1 aromatic rings. The molecule has 0 amide bonds. The Labute approximate surface area is 120 Å². The SMILES string of the molecule is CCOC1(C(Cc2nnn(C)n2)NN)CCC(C)CC1. The van der Waals surface area contributed by atoms with Crippen LogP contribution >= 0.6 is 0 Å². The number of aryl methyl sites for hydroxylation is 1. The number of aromatic nitrogens is 4. The fourth-order valence-electron chi connectivity index (χ4n) is 3.12. The molecule has 1 atom stereocenters. The van der Waals surface area contributed by atoms with Gasteiger partial charge < -0.3 is 4.74 Å². The van der Waals surface area contributed by atoms with Crippen LogP contribution in [0.5, 0.6) is 0 Å². The maximum absolute atomic E-state index is 6.13. The highest BCUT2D eigenvalue weighted by Gasteiger charge is 2.42. The van der Waals surface area contributed by atoms with Crippen LogP contribution < -0.4 is 11.3 Å². The van der Waals surface area contributed by atoms with Gasteiger partial charge in [0.15, 0.2) is 5.82 Å². The molecule has 1 aromatic heterocycles. The number of hydrogen-bond acceptors (Lipinski definition) is 6. The summed E-state index contributed by atoms with van der Waals surface area (Å²) in [7, 11) is 1.77. The van der Waals surface area contributed by atoms with E-state index in [9.17, 15) is 0 Å². The predicted octanol–water partition coefficient (Wildman–Crippen LogP) is 0.570. The van der Waals surface area contributed by atoms with Crippen molar-refractivity contribution in [2.75, 3.05) is 6.61 Å². The second-order valence-corrected chi connectivity index (χ2v) is 5.80. The van der Waals surface area contributed by atoms with Crippen molar-refractivity contribution in [1.29, 1.82) is 0 Å². The van der Waals surface area contributed by atoms with E-state index in [4.69, 9.17) is 10.6 Å². The highest BCUT2D eigenvalue weighted by molar-refractivity contribution is 5.00. The van der Waals surface area contributed by atoms with Crippen molar-refractivity contribution in [2.45, 2.75) is 57.6 Å². The molecule has 1 fully saturated rings. The fourth-order valence-corrected chi connectivity index (χ4v) is 3.12. The average molecular weight is 282 g/mol. The van der Waals surface area contributed by atoms with E-state index in [1.807, 2.05) is 6.92 Å². The van der Waals surface area contributed by atoms with Crippen molar-refractivity contribution >= 4 is 0 Å². The third-order valence-electron chi connectivity index (χ3n) is 4.33. The Morgan fingerprint density at radius 3 is 2.70 bits per heavy atom. The van der Waals surface area contributed by atoms with E-state index < -0.39 is 0 Å². The first-order valence-electron chi connectivity index (χ1n) is 7.42. The molecule has 0 saturated heterocycles. The highest BCUT2D eigenvalue weighted by atomic mass is 16.5. The first-order chi connectivity index (χ1) is 9.59. The largest absolute Gasteiger partial charge is 0.374 e. The van der Waals surface area contributed by atoms with Gasteiger partial charge in [0.2, 0.25) is 0 Å². The van der Waals surface area contributed by atoms with Crippen molar-refractivity contribution in [3.63, 3.8) is 0 Å². The van der Waals surface area contributed by atoms with Gasteiger partial charge in [0.05, 0.1) is 18.7 Å². The van der Waals surface area contributed by atoms with Gasteiger partial charge in [0, 0.05) is 13.0 Å². The van der Waals surface area contributed by atoms with Crippen molar-refractivity contribution in [3.8, 4) is 0 Å². The van der Waals surface area contributed by atoms with Crippen molar-refractivity contribution in [3.05, 3.63) is 5.82 Å². The molecule has 0 aromatic carbocycles. The molecule has 2 rings (SSSR count). The van der Waals surface area contributed by atoms with Gasteiger partial charge in [0.25, 0.3) is 0 Å². The summed E-state index contributed by atoms with van der Waals surface area (Å²) in [5.74, 6) is 7.26. The summed E-state index contributed by atoms with van der Waals surface area (Å²) < 4.78 is 6.13. The van der Waals surface area contributed by atoms with Crippen LogP contribution in [0.4, 0.5) is 0 Å². The van der Waals surface area contributed by atoms with Gasteiger partial charge in [-0.2, -0.15) is 4.80 Å². The second-order valence-electron chi connectivity index (χ2n) is 5.80. The Bertz CT molecular complexity index is 413. The third kappa shape index (κ3) is 3.34. The maximum atomic E-state index is 6.13. The number of hydrogen-bond donors (Lipinski definition) is 2. The minimum absolute atomic E-state index is 0.0131. The summed E-state index contributed by atoms with van der Waals surface area (Å²) >= 11 is 0. The molecule has 1 heterocycles. The Hall–Kier alpha value is -1.05. The van der Waals surface area contributed by atoms with E-state index in [-0.39, 0.29) is 11.6 Å². The molecule has 1 saturated carbocycles. The molecule has 7 nitrogen and oxygen atoms in total. The predicted molar refractivity (Wildman–Crippen MR) is 75.6 cm³/mol. The van der Waals surface area contributed by atoms with E-state index in [0.717, 1.165) is 18.8 Å². The van der Waals surface area contributed by atoms with E-state index in [2.05, 4.69) is 27.8 Å². The molecule has 1 unspecified atom stereocenters. The topological polar surface area (TPSA) is 90.9 Å². The number of nitrogens with one attached hydrogen (secondary N) is 1. The Morgan fingerprint density at radius 2 is 2.20 bits per heavy atom. The van der Waals surface area contributed by atoms with Crippen molar-refractivity contribution in [1.82, 2.24) is 25.6 Å². The van der Waals surface area contributed by atoms with Crippen molar-refractivity contribution in [2.24, 2.45) is 18.8 Å². The van der Waals surface area contributed by atoms with Crippen LogP contribution in [0, 0.1) is 5.92 Å². The number of tetrazole rings is 1. The zero-order valence-corrected chi connectivity index (χ0v) is 12.7. The van der Waals surface area contributed by atoms with Gasteiger partial charge in [-0.1, -0.05) is 6.92 Å². The summed E-state index contributed by atoms with van der Waals surface area (Å²) in [6.45, 7) is 5.03. The van der Waals surface area contributed by atoms with Crippen LogP contribution in [0.3, 0.4) is 0 Å².